The monoisotopic (exact) mass is 334 g/mol. The number of cyclic esters (lactones) is 1. The van der Waals surface area contributed by atoms with Crippen LogP contribution in [-0.4, -0.2) is 35.0 Å². The average Bonchev–Trinajstić information content (AvgIpc) is 2.55. The van der Waals surface area contributed by atoms with Crippen LogP contribution in [0.4, 0.5) is 0 Å². The highest BCUT2D eigenvalue weighted by molar-refractivity contribution is 5.88. The van der Waals surface area contributed by atoms with Crippen molar-refractivity contribution in [3.8, 4) is 0 Å². The minimum absolute atomic E-state index is 0.0455. The summed E-state index contributed by atoms with van der Waals surface area (Å²) in [6, 6.07) is 0. The number of esters is 1. The molecular weight excluding hydrogens is 304 g/mol. The summed E-state index contributed by atoms with van der Waals surface area (Å²) in [5.74, 6) is -0.227. The Kier molecular flexibility index (Phi) is 8.72. The maximum absolute atomic E-state index is 11.6. The summed E-state index contributed by atoms with van der Waals surface area (Å²) in [5, 5.41) is 18.8. The van der Waals surface area contributed by atoms with Gasteiger partial charge in [-0.2, -0.15) is 0 Å². The SMILES string of the molecule is CC1=CC[C@@H](/C(C)=C/CC/C(C)=C/C[C@H](O)/C(C)=C/CO)OC1=O. The van der Waals surface area contributed by atoms with Gasteiger partial charge >= 0.3 is 5.97 Å². The molecule has 0 aromatic carbocycles. The number of carbonyl (C=O) groups is 1. The highest BCUT2D eigenvalue weighted by Gasteiger charge is 2.21. The van der Waals surface area contributed by atoms with Crippen molar-refractivity contribution in [2.75, 3.05) is 6.61 Å². The Morgan fingerprint density at radius 2 is 2.04 bits per heavy atom. The highest BCUT2D eigenvalue weighted by atomic mass is 16.5. The lowest BCUT2D eigenvalue weighted by molar-refractivity contribution is -0.143. The largest absolute Gasteiger partial charge is 0.454 e. The van der Waals surface area contributed by atoms with Gasteiger partial charge in [0.15, 0.2) is 0 Å². The van der Waals surface area contributed by atoms with Crippen molar-refractivity contribution in [3.63, 3.8) is 0 Å². The van der Waals surface area contributed by atoms with E-state index in [-0.39, 0.29) is 18.7 Å². The Labute approximate surface area is 145 Å². The summed E-state index contributed by atoms with van der Waals surface area (Å²) >= 11 is 0. The van der Waals surface area contributed by atoms with E-state index in [4.69, 9.17) is 9.84 Å². The Morgan fingerprint density at radius 1 is 1.33 bits per heavy atom. The van der Waals surface area contributed by atoms with Gasteiger partial charge in [-0.05, 0) is 58.1 Å². The Bertz CT molecular complexity index is 552. The topological polar surface area (TPSA) is 66.8 Å². The van der Waals surface area contributed by atoms with Gasteiger partial charge in [0.05, 0.1) is 12.7 Å². The van der Waals surface area contributed by atoms with E-state index in [2.05, 4.69) is 6.08 Å². The van der Waals surface area contributed by atoms with Gasteiger partial charge in [0.1, 0.15) is 6.10 Å². The quantitative estimate of drug-likeness (QED) is 0.526. The molecule has 0 unspecified atom stereocenters. The fraction of sp³-hybridized carbons (Fsp3) is 0.550. The molecule has 0 aromatic heterocycles. The summed E-state index contributed by atoms with van der Waals surface area (Å²) in [6.07, 6.45) is 10.1. The molecular formula is C20H30O4. The zero-order valence-electron chi connectivity index (χ0n) is 15.2. The van der Waals surface area contributed by atoms with Crippen LogP contribution in [0.5, 0.6) is 0 Å². The third-order valence-corrected chi connectivity index (χ3v) is 4.35. The molecule has 1 rings (SSSR count). The summed E-state index contributed by atoms with van der Waals surface area (Å²) in [5.41, 5.74) is 3.77. The molecule has 0 amide bonds. The minimum Gasteiger partial charge on any atom is -0.454 e. The van der Waals surface area contributed by atoms with Gasteiger partial charge in [0.25, 0.3) is 0 Å². The van der Waals surface area contributed by atoms with Gasteiger partial charge in [-0.3, -0.25) is 0 Å². The van der Waals surface area contributed by atoms with Crippen LogP contribution in [0.3, 0.4) is 0 Å². The van der Waals surface area contributed by atoms with E-state index in [0.717, 1.165) is 30.4 Å². The van der Waals surface area contributed by atoms with E-state index < -0.39 is 6.10 Å². The first kappa shape index (κ1) is 20.4. The molecule has 1 aliphatic heterocycles. The van der Waals surface area contributed by atoms with Crippen LogP contribution < -0.4 is 0 Å². The van der Waals surface area contributed by atoms with Crippen molar-refractivity contribution in [2.24, 2.45) is 0 Å². The Hall–Kier alpha value is -1.65. The van der Waals surface area contributed by atoms with E-state index in [1.54, 1.807) is 13.0 Å². The Morgan fingerprint density at radius 3 is 2.67 bits per heavy atom. The molecule has 0 fully saturated rings. The van der Waals surface area contributed by atoms with Crippen molar-refractivity contribution >= 4 is 5.97 Å². The molecule has 0 bridgehead atoms. The molecule has 2 atom stereocenters. The fourth-order valence-electron chi connectivity index (χ4n) is 2.46. The molecule has 0 saturated heterocycles. The molecule has 0 aliphatic carbocycles. The molecule has 4 nitrogen and oxygen atoms in total. The number of rotatable bonds is 8. The number of ether oxygens (including phenoxy) is 1. The summed E-state index contributed by atoms with van der Waals surface area (Å²) in [6.45, 7) is 7.59. The summed E-state index contributed by atoms with van der Waals surface area (Å²) in [4.78, 5) is 11.6. The van der Waals surface area contributed by atoms with Crippen LogP contribution in [0.15, 0.2) is 46.6 Å². The number of aliphatic hydroxyl groups is 2. The van der Waals surface area contributed by atoms with Crippen LogP contribution in [0, 0.1) is 0 Å². The van der Waals surface area contributed by atoms with Crippen LogP contribution in [0.25, 0.3) is 0 Å². The molecule has 2 N–H and O–H groups in total. The second-order valence-corrected chi connectivity index (χ2v) is 6.44. The van der Waals surface area contributed by atoms with E-state index in [1.807, 2.05) is 32.9 Å². The van der Waals surface area contributed by atoms with Crippen molar-refractivity contribution < 1.29 is 19.7 Å². The molecule has 0 aromatic rings. The van der Waals surface area contributed by atoms with E-state index >= 15 is 0 Å². The van der Waals surface area contributed by atoms with Crippen LogP contribution in [0.1, 0.15) is 53.4 Å². The summed E-state index contributed by atoms with van der Waals surface area (Å²) in [7, 11) is 0. The molecule has 0 saturated carbocycles. The zero-order valence-corrected chi connectivity index (χ0v) is 15.2. The van der Waals surface area contributed by atoms with Crippen molar-refractivity contribution in [2.45, 2.75) is 65.6 Å². The number of allylic oxidation sites excluding steroid dienone is 2. The number of aliphatic hydroxyl groups excluding tert-OH is 2. The normalized spacial score (nSPS) is 21.4. The molecule has 24 heavy (non-hydrogen) atoms. The molecule has 1 aliphatic rings. The molecule has 4 heteroatoms. The second kappa shape index (κ2) is 10.3. The van der Waals surface area contributed by atoms with Gasteiger partial charge in [0.2, 0.25) is 0 Å². The van der Waals surface area contributed by atoms with E-state index in [1.165, 1.54) is 5.57 Å². The van der Waals surface area contributed by atoms with E-state index in [0.29, 0.717) is 12.0 Å². The van der Waals surface area contributed by atoms with E-state index in [9.17, 15) is 9.90 Å². The smallest absolute Gasteiger partial charge is 0.333 e. The van der Waals surface area contributed by atoms with Crippen LogP contribution >= 0.6 is 0 Å². The predicted octanol–water partition coefficient (Wildman–Crippen LogP) is 3.61. The summed E-state index contributed by atoms with van der Waals surface area (Å²) < 4.78 is 5.40. The highest BCUT2D eigenvalue weighted by Crippen LogP contribution is 2.20. The third kappa shape index (κ3) is 6.85. The lowest BCUT2D eigenvalue weighted by Crippen LogP contribution is -2.23. The second-order valence-electron chi connectivity index (χ2n) is 6.44. The number of carbonyl (C=O) groups excluding carboxylic acids is 1. The predicted molar refractivity (Wildman–Crippen MR) is 96.5 cm³/mol. The van der Waals surface area contributed by atoms with Crippen molar-refractivity contribution in [1.29, 1.82) is 0 Å². The number of hydrogen-bond donors (Lipinski definition) is 2. The molecule has 0 spiro atoms. The maximum Gasteiger partial charge on any atom is 0.333 e. The molecule has 1 heterocycles. The third-order valence-electron chi connectivity index (χ3n) is 4.35. The van der Waals surface area contributed by atoms with Crippen LogP contribution in [-0.2, 0) is 9.53 Å². The van der Waals surface area contributed by atoms with Gasteiger partial charge in [-0.15, -0.1) is 0 Å². The number of hydrogen-bond acceptors (Lipinski definition) is 4. The fourth-order valence-corrected chi connectivity index (χ4v) is 2.46. The average molecular weight is 334 g/mol. The molecule has 134 valence electrons. The zero-order chi connectivity index (χ0) is 18.1. The minimum atomic E-state index is -0.541. The van der Waals surface area contributed by atoms with Gasteiger partial charge in [0, 0.05) is 12.0 Å². The van der Waals surface area contributed by atoms with Crippen molar-refractivity contribution in [1.82, 2.24) is 0 Å². The standard InChI is InChI=1S/C20H30O4/c1-14(8-10-18(22)15(2)12-13-21)6-5-7-16(3)19-11-9-17(4)20(23)24-19/h7-9,12,18-19,21-22H,5-6,10-11,13H2,1-4H3/b14-8+,15-12+,16-7+/t18-,19-/m0/s1. The van der Waals surface area contributed by atoms with Gasteiger partial charge in [-0.25, -0.2) is 4.79 Å². The van der Waals surface area contributed by atoms with Gasteiger partial charge < -0.3 is 14.9 Å². The first-order valence-corrected chi connectivity index (χ1v) is 8.50. The first-order chi connectivity index (χ1) is 11.3. The van der Waals surface area contributed by atoms with Gasteiger partial charge in [-0.1, -0.05) is 29.9 Å². The lowest BCUT2D eigenvalue weighted by atomic mass is 10.0. The lowest BCUT2D eigenvalue weighted by Gasteiger charge is -2.21. The van der Waals surface area contributed by atoms with Crippen molar-refractivity contribution in [3.05, 3.63) is 46.6 Å². The first-order valence-electron chi connectivity index (χ1n) is 8.50. The maximum atomic E-state index is 11.6. The molecule has 0 radical (unpaired) electrons. The Balaban J connectivity index is 2.44. The van der Waals surface area contributed by atoms with Crippen LogP contribution in [0.2, 0.25) is 0 Å².